The van der Waals surface area contributed by atoms with E-state index in [0.29, 0.717) is 12.6 Å². The summed E-state index contributed by atoms with van der Waals surface area (Å²) in [4.78, 5) is 13.8. The van der Waals surface area contributed by atoms with Crippen LogP contribution in [0.1, 0.15) is 32.6 Å². The SMILES string of the molecule is CNC(C)CNC(=O)C1(Sc2ccccc2)CCCC1.Cl. The zero-order chi connectivity index (χ0) is 14.4. The van der Waals surface area contributed by atoms with Gasteiger partial charge in [-0.15, -0.1) is 24.2 Å². The number of hydrogen-bond donors (Lipinski definition) is 2. The molecule has 1 aliphatic carbocycles. The van der Waals surface area contributed by atoms with Crippen molar-refractivity contribution in [2.45, 2.75) is 48.3 Å². The van der Waals surface area contributed by atoms with E-state index in [-0.39, 0.29) is 23.1 Å². The molecule has 1 saturated carbocycles. The van der Waals surface area contributed by atoms with Gasteiger partial charge in [0.25, 0.3) is 0 Å². The third-order valence-corrected chi connectivity index (χ3v) is 5.44. The standard InChI is InChI=1S/C16H24N2OS.ClH/c1-13(17-2)12-18-15(19)16(10-6-7-11-16)20-14-8-4-3-5-9-14;/h3-5,8-9,13,17H,6-7,10-12H2,1-2H3,(H,18,19);1H. The van der Waals surface area contributed by atoms with Crippen molar-refractivity contribution < 1.29 is 4.79 Å². The van der Waals surface area contributed by atoms with Crippen molar-refractivity contribution in [2.24, 2.45) is 0 Å². The molecule has 1 amide bonds. The normalized spacial score (nSPS) is 17.8. The van der Waals surface area contributed by atoms with Crippen molar-refractivity contribution in [3.63, 3.8) is 0 Å². The highest BCUT2D eigenvalue weighted by atomic mass is 35.5. The number of amides is 1. The maximum Gasteiger partial charge on any atom is 0.236 e. The van der Waals surface area contributed by atoms with Crippen LogP contribution in [0.2, 0.25) is 0 Å². The molecule has 0 spiro atoms. The van der Waals surface area contributed by atoms with Crippen molar-refractivity contribution in [1.82, 2.24) is 10.6 Å². The minimum atomic E-state index is -0.269. The first-order valence-corrected chi connectivity index (χ1v) is 8.17. The molecule has 0 heterocycles. The molecule has 2 N–H and O–H groups in total. The highest BCUT2D eigenvalue weighted by Crippen LogP contribution is 2.45. The van der Waals surface area contributed by atoms with Gasteiger partial charge in [0.1, 0.15) is 0 Å². The lowest BCUT2D eigenvalue weighted by Gasteiger charge is -2.28. The Morgan fingerprint density at radius 3 is 2.48 bits per heavy atom. The highest BCUT2D eigenvalue weighted by Gasteiger charge is 2.42. The second-order valence-corrected chi connectivity index (χ2v) is 6.97. The number of likely N-dealkylation sites (N-methyl/N-ethyl adjacent to an activating group) is 1. The van der Waals surface area contributed by atoms with Crippen LogP contribution < -0.4 is 10.6 Å². The molecule has 1 aromatic rings. The minimum Gasteiger partial charge on any atom is -0.353 e. The van der Waals surface area contributed by atoms with E-state index in [1.807, 2.05) is 25.2 Å². The summed E-state index contributed by atoms with van der Waals surface area (Å²) in [6.45, 7) is 2.76. The molecule has 0 bridgehead atoms. The van der Waals surface area contributed by atoms with E-state index in [9.17, 15) is 4.79 Å². The van der Waals surface area contributed by atoms with Crippen molar-refractivity contribution in [3.8, 4) is 0 Å². The number of nitrogens with one attached hydrogen (secondary N) is 2. The molecule has 5 heteroatoms. The largest absolute Gasteiger partial charge is 0.353 e. The predicted molar refractivity (Wildman–Crippen MR) is 92.3 cm³/mol. The smallest absolute Gasteiger partial charge is 0.236 e. The van der Waals surface area contributed by atoms with Crippen LogP contribution >= 0.6 is 24.2 Å². The molecule has 0 aliphatic heterocycles. The summed E-state index contributed by atoms with van der Waals surface area (Å²) >= 11 is 1.73. The Morgan fingerprint density at radius 2 is 1.90 bits per heavy atom. The van der Waals surface area contributed by atoms with Gasteiger partial charge < -0.3 is 10.6 Å². The molecule has 1 aliphatic rings. The first kappa shape index (κ1) is 18.3. The molecule has 2 rings (SSSR count). The molecule has 1 unspecified atom stereocenters. The molecular weight excluding hydrogens is 304 g/mol. The average molecular weight is 329 g/mol. The fourth-order valence-corrected chi connectivity index (χ4v) is 3.95. The summed E-state index contributed by atoms with van der Waals surface area (Å²) in [5.41, 5.74) is 0. The summed E-state index contributed by atoms with van der Waals surface area (Å²) in [5.74, 6) is 0.200. The first-order chi connectivity index (χ1) is 9.66. The second kappa shape index (κ2) is 8.66. The monoisotopic (exact) mass is 328 g/mol. The van der Waals surface area contributed by atoms with Crippen molar-refractivity contribution in [2.75, 3.05) is 13.6 Å². The van der Waals surface area contributed by atoms with Crippen LogP contribution in [0, 0.1) is 0 Å². The van der Waals surface area contributed by atoms with Gasteiger partial charge in [-0.05, 0) is 38.9 Å². The van der Waals surface area contributed by atoms with Crippen LogP contribution in [0.5, 0.6) is 0 Å². The second-order valence-electron chi connectivity index (χ2n) is 5.52. The Kier molecular flexibility index (Phi) is 7.57. The predicted octanol–water partition coefficient (Wildman–Crippen LogP) is 3.24. The molecule has 0 saturated heterocycles. The Morgan fingerprint density at radius 1 is 1.29 bits per heavy atom. The van der Waals surface area contributed by atoms with Crippen LogP contribution in [0.3, 0.4) is 0 Å². The Bertz CT molecular complexity index is 435. The Balaban J connectivity index is 0.00000220. The maximum atomic E-state index is 12.6. The molecule has 21 heavy (non-hydrogen) atoms. The lowest BCUT2D eigenvalue weighted by molar-refractivity contribution is -0.123. The van der Waals surface area contributed by atoms with Crippen LogP contribution in [0.25, 0.3) is 0 Å². The number of rotatable bonds is 6. The van der Waals surface area contributed by atoms with Crippen LogP contribution in [-0.2, 0) is 4.79 Å². The van der Waals surface area contributed by atoms with Gasteiger partial charge in [0.2, 0.25) is 5.91 Å². The van der Waals surface area contributed by atoms with E-state index in [1.54, 1.807) is 11.8 Å². The molecular formula is C16H25ClN2OS. The topological polar surface area (TPSA) is 41.1 Å². The quantitative estimate of drug-likeness (QED) is 0.842. The number of benzene rings is 1. The molecule has 3 nitrogen and oxygen atoms in total. The summed E-state index contributed by atoms with van der Waals surface area (Å²) in [7, 11) is 1.92. The lowest BCUT2D eigenvalue weighted by Crippen LogP contribution is -2.46. The molecule has 1 fully saturated rings. The summed E-state index contributed by atoms with van der Waals surface area (Å²) in [5, 5.41) is 6.27. The van der Waals surface area contributed by atoms with Gasteiger partial charge in [-0.2, -0.15) is 0 Å². The number of hydrogen-bond acceptors (Lipinski definition) is 3. The number of thioether (sulfide) groups is 1. The average Bonchev–Trinajstić information content (AvgIpc) is 2.95. The number of carbonyl (C=O) groups is 1. The van der Waals surface area contributed by atoms with Gasteiger partial charge in [-0.1, -0.05) is 31.0 Å². The number of halogens is 1. The van der Waals surface area contributed by atoms with Gasteiger partial charge >= 0.3 is 0 Å². The molecule has 1 atom stereocenters. The van der Waals surface area contributed by atoms with Crippen molar-refractivity contribution in [1.29, 1.82) is 0 Å². The minimum absolute atomic E-state index is 0. The van der Waals surface area contributed by atoms with Gasteiger partial charge in [-0.25, -0.2) is 0 Å². The van der Waals surface area contributed by atoms with E-state index >= 15 is 0 Å². The van der Waals surface area contributed by atoms with Crippen molar-refractivity contribution >= 4 is 30.1 Å². The van der Waals surface area contributed by atoms with E-state index in [2.05, 4.69) is 29.7 Å². The van der Waals surface area contributed by atoms with Crippen LogP contribution in [0.15, 0.2) is 35.2 Å². The van der Waals surface area contributed by atoms with Gasteiger partial charge in [0, 0.05) is 17.5 Å². The van der Waals surface area contributed by atoms with E-state index < -0.39 is 0 Å². The zero-order valence-corrected chi connectivity index (χ0v) is 14.4. The summed E-state index contributed by atoms with van der Waals surface area (Å²) in [6, 6.07) is 10.6. The van der Waals surface area contributed by atoms with Gasteiger partial charge in [0.05, 0.1) is 4.75 Å². The first-order valence-electron chi connectivity index (χ1n) is 7.36. The molecule has 118 valence electrons. The fraction of sp³-hybridized carbons (Fsp3) is 0.562. The van der Waals surface area contributed by atoms with E-state index in [0.717, 1.165) is 25.7 Å². The fourth-order valence-electron chi connectivity index (χ4n) is 2.54. The summed E-state index contributed by atoms with van der Waals surface area (Å²) in [6.07, 6.45) is 4.25. The third-order valence-electron chi connectivity index (χ3n) is 3.94. The van der Waals surface area contributed by atoms with E-state index in [4.69, 9.17) is 0 Å². The Labute approximate surface area is 138 Å². The van der Waals surface area contributed by atoms with Gasteiger partial charge in [0.15, 0.2) is 0 Å². The van der Waals surface area contributed by atoms with Crippen LogP contribution in [0.4, 0.5) is 0 Å². The van der Waals surface area contributed by atoms with Crippen LogP contribution in [-0.4, -0.2) is 30.3 Å². The van der Waals surface area contributed by atoms with Gasteiger partial charge in [-0.3, -0.25) is 4.79 Å². The van der Waals surface area contributed by atoms with Crippen molar-refractivity contribution in [3.05, 3.63) is 30.3 Å². The van der Waals surface area contributed by atoms with E-state index in [1.165, 1.54) is 4.90 Å². The maximum absolute atomic E-state index is 12.6. The number of carbonyl (C=O) groups excluding carboxylic acids is 1. The molecule has 0 radical (unpaired) electrons. The molecule has 1 aromatic carbocycles. The highest BCUT2D eigenvalue weighted by molar-refractivity contribution is 8.01. The zero-order valence-electron chi connectivity index (χ0n) is 12.7. The molecule has 0 aromatic heterocycles. The summed E-state index contributed by atoms with van der Waals surface area (Å²) < 4.78 is -0.269. The third kappa shape index (κ3) is 4.90. The Hall–Kier alpha value is -0.710. The lowest BCUT2D eigenvalue weighted by atomic mass is 10.1.